The summed E-state index contributed by atoms with van der Waals surface area (Å²) in [6, 6.07) is 3.19. The maximum atomic E-state index is 10.8. The highest BCUT2D eigenvalue weighted by Crippen LogP contribution is 2.22. The summed E-state index contributed by atoms with van der Waals surface area (Å²) in [5, 5.41) is 0. The summed E-state index contributed by atoms with van der Waals surface area (Å²) in [7, 11) is 0. The van der Waals surface area contributed by atoms with E-state index < -0.39 is 18.2 Å². The Morgan fingerprint density at radius 3 is 2.25 bits per heavy atom. The van der Waals surface area contributed by atoms with Gasteiger partial charge in [0.2, 0.25) is 5.88 Å². The van der Waals surface area contributed by atoms with Crippen molar-refractivity contribution in [2.45, 2.75) is 26.0 Å². The van der Waals surface area contributed by atoms with E-state index in [4.69, 9.17) is 25.5 Å². The maximum Gasteiger partial charge on any atom is 0.306 e. The molecule has 0 spiro atoms. The van der Waals surface area contributed by atoms with Crippen molar-refractivity contribution in [1.82, 2.24) is 0 Å². The van der Waals surface area contributed by atoms with Gasteiger partial charge in [0.15, 0.2) is 11.5 Å². The molecule has 0 unspecified atom stereocenters. The van der Waals surface area contributed by atoms with Gasteiger partial charge < -0.3 is 13.9 Å². The van der Waals surface area contributed by atoms with Gasteiger partial charge in [-0.15, -0.1) is 0 Å². The van der Waals surface area contributed by atoms with Gasteiger partial charge in [-0.25, -0.2) is 0 Å². The van der Waals surface area contributed by atoms with Gasteiger partial charge in [-0.2, -0.15) is 0 Å². The smallest absolute Gasteiger partial charge is 0.306 e. The van der Waals surface area contributed by atoms with E-state index in [1.165, 1.54) is 13.8 Å². The average molecular weight is 248 g/mol. The fourth-order valence-electron chi connectivity index (χ4n) is 1.04. The van der Waals surface area contributed by atoms with Crippen LogP contribution in [0.4, 0.5) is 0 Å². The molecule has 88 valence electrons. The number of ether oxygens (including phenoxy) is 2. The first kappa shape index (κ1) is 12.6. The van der Waals surface area contributed by atoms with Gasteiger partial charge in [-0.3, -0.25) is 9.59 Å². The fourth-order valence-corrected chi connectivity index (χ4v) is 1.20. The number of furan rings is 1. The highest BCUT2D eigenvalue weighted by molar-refractivity contribution is 5.68. The van der Waals surface area contributed by atoms with Crippen LogP contribution in [0.25, 0.3) is 0 Å². The lowest BCUT2D eigenvalue weighted by Gasteiger charge is -2.13. The molecule has 0 saturated heterocycles. The van der Waals surface area contributed by atoms with Crippen LogP contribution in [0.15, 0.2) is 16.5 Å². The number of esters is 2. The van der Waals surface area contributed by atoms with Gasteiger partial charge >= 0.3 is 18.2 Å². The molecule has 6 heteroatoms. The Hall–Kier alpha value is -1.49. The van der Waals surface area contributed by atoms with Gasteiger partial charge in [0.25, 0.3) is 0 Å². The second-order valence-corrected chi connectivity index (χ2v) is 3.29. The molecule has 0 atom stereocenters. The lowest BCUT2D eigenvalue weighted by molar-refractivity contribution is -0.390. The Balaban J connectivity index is 2.82. The molecule has 0 aliphatic heterocycles. The summed E-state index contributed by atoms with van der Waals surface area (Å²) in [4.78, 5) is 21.6. The molecule has 0 bridgehead atoms. The quantitative estimate of drug-likeness (QED) is 0.454. The molecule has 0 radical (unpaired) electrons. The van der Waals surface area contributed by atoms with Crippen LogP contribution in [0, 0.1) is 11.6 Å². The largest absolute Gasteiger partial charge is 0.452 e. The lowest BCUT2D eigenvalue weighted by atomic mass is 10.4. The zero-order valence-electron chi connectivity index (χ0n) is 8.89. The van der Waals surface area contributed by atoms with Crippen molar-refractivity contribution in [3.63, 3.8) is 0 Å². The average Bonchev–Trinajstić information content (AvgIpc) is 2.63. The highest BCUT2D eigenvalue weighted by Gasteiger charge is 2.22. The Morgan fingerprint density at radius 1 is 1.31 bits per heavy atom. The Bertz CT molecular complexity index is 368. The minimum Gasteiger partial charge on any atom is -0.452 e. The molecule has 16 heavy (non-hydrogen) atoms. The summed E-state index contributed by atoms with van der Waals surface area (Å²) in [5.74, 6) is -0.0444. The molecule has 0 aliphatic rings. The molecule has 0 amide bonds. The number of rotatable bonds is 4. The molecule has 5 nitrogen and oxygen atoms in total. The minimum atomic E-state index is -1.15. The zero-order chi connectivity index (χ0) is 12.1. The molecule has 0 N–H and O–H groups in total. The van der Waals surface area contributed by atoms with E-state index in [1.54, 1.807) is 12.1 Å². The van der Waals surface area contributed by atoms with Crippen LogP contribution in [0.2, 0.25) is 0 Å². The topological polar surface area (TPSA) is 65.7 Å². The number of alkyl halides is 1. The highest BCUT2D eigenvalue weighted by atomic mass is 35.5. The summed E-state index contributed by atoms with van der Waals surface area (Å²) in [6.45, 7) is 2.43. The van der Waals surface area contributed by atoms with Crippen LogP contribution in [-0.2, 0) is 24.9 Å². The normalized spacial score (nSPS) is 10.2. The minimum absolute atomic E-state index is 0.241. The second-order valence-electron chi connectivity index (χ2n) is 3.00. The summed E-state index contributed by atoms with van der Waals surface area (Å²) >= 11 is 4.78. The fraction of sp³-hybridized carbons (Fsp3) is 0.400. The van der Waals surface area contributed by atoms with E-state index in [-0.39, 0.29) is 5.76 Å². The van der Waals surface area contributed by atoms with Crippen molar-refractivity contribution in [1.29, 1.82) is 0 Å². The first-order chi connectivity index (χ1) is 7.52. The molecule has 1 aromatic heterocycles. The van der Waals surface area contributed by atoms with Crippen LogP contribution in [0.3, 0.4) is 0 Å². The van der Waals surface area contributed by atoms with Crippen molar-refractivity contribution < 1.29 is 35.1 Å². The Morgan fingerprint density at radius 2 is 1.88 bits per heavy atom. The lowest BCUT2D eigenvalue weighted by Crippen LogP contribution is -2.14. The maximum absolute atomic E-state index is 10.8. The van der Waals surface area contributed by atoms with Crippen molar-refractivity contribution in [2.24, 2.45) is 0 Å². The standard InChI is InChI=1S/C10H12ClO5/c1-6(12)14-10(15-7(2)13)9-4-3-8(5-11)16-9/h3-4,10-11H,5H2,1-2H3/q+1. The van der Waals surface area contributed by atoms with Crippen molar-refractivity contribution in [3.05, 3.63) is 23.7 Å². The molecule has 0 fully saturated rings. The number of hydrogen-bond acceptors (Lipinski definition) is 5. The molecule has 0 aromatic carbocycles. The summed E-state index contributed by atoms with van der Waals surface area (Å²) in [6.07, 6.45) is -1.15. The van der Waals surface area contributed by atoms with Crippen LogP contribution >= 0.6 is 0 Å². The van der Waals surface area contributed by atoms with Crippen molar-refractivity contribution in [3.8, 4) is 0 Å². The number of carbonyl (C=O) groups excluding carboxylic acids is 2. The third kappa shape index (κ3) is 3.58. The predicted octanol–water partition coefficient (Wildman–Crippen LogP) is 1.19. The van der Waals surface area contributed by atoms with Crippen molar-refractivity contribution in [2.75, 3.05) is 0 Å². The summed E-state index contributed by atoms with van der Waals surface area (Å²) < 4.78 is 14.8. The number of halogens is 1. The van der Waals surface area contributed by atoms with Crippen LogP contribution in [0.5, 0.6) is 0 Å². The van der Waals surface area contributed by atoms with Gasteiger partial charge in [0.1, 0.15) is 11.6 Å². The first-order valence-corrected chi connectivity index (χ1v) is 5.12. The zero-order valence-corrected chi connectivity index (χ0v) is 9.71. The molecule has 1 heterocycles. The van der Waals surface area contributed by atoms with Gasteiger partial charge in [-0.05, 0) is 12.1 Å². The van der Waals surface area contributed by atoms with E-state index in [0.717, 1.165) is 0 Å². The Labute approximate surface area is 97.3 Å². The van der Waals surface area contributed by atoms with E-state index in [1.807, 2.05) is 0 Å². The second kappa shape index (κ2) is 5.55. The van der Waals surface area contributed by atoms with Crippen molar-refractivity contribution >= 4 is 11.9 Å². The van der Waals surface area contributed by atoms with E-state index in [2.05, 4.69) is 0 Å². The van der Waals surface area contributed by atoms with E-state index in [0.29, 0.717) is 11.6 Å². The monoisotopic (exact) mass is 247 g/mol. The molecule has 0 aliphatic carbocycles. The summed E-state index contributed by atoms with van der Waals surface area (Å²) in [5.41, 5.74) is 0. The van der Waals surface area contributed by atoms with E-state index in [9.17, 15) is 9.59 Å². The molecule has 0 saturated carbocycles. The Kier molecular flexibility index (Phi) is 4.37. The third-order valence-corrected chi connectivity index (χ3v) is 1.89. The van der Waals surface area contributed by atoms with E-state index >= 15 is 0 Å². The van der Waals surface area contributed by atoms with Crippen LogP contribution in [0.1, 0.15) is 31.7 Å². The molecular weight excluding hydrogens is 236 g/mol. The van der Waals surface area contributed by atoms with Gasteiger partial charge in [-0.1, -0.05) is 0 Å². The van der Waals surface area contributed by atoms with Crippen LogP contribution < -0.4 is 0 Å². The van der Waals surface area contributed by atoms with Gasteiger partial charge in [0, 0.05) is 13.8 Å². The molecule has 1 aromatic rings. The molecule has 1 rings (SSSR count). The van der Waals surface area contributed by atoms with Gasteiger partial charge in [0.05, 0.1) is 0 Å². The SMILES string of the molecule is CC(=O)OC(OC(C)=O)c1ccc(C[ClH+])o1. The molecular formula is C10H12ClO5+. The first-order valence-electron chi connectivity index (χ1n) is 4.54. The van der Waals surface area contributed by atoms with Crippen LogP contribution in [-0.4, -0.2) is 11.9 Å². The number of carbonyl (C=O) groups is 2. The predicted molar refractivity (Wildman–Crippen MR) is 50.1 cm³/mol. The third-order valence-electron chi connectivity index (χ3n) is 1.60. The number of hydrogen-bond donors (Lipinski definition) is 0.